The van der Waals surface area contributed by atoms with Gasteiger partial charge in [-0.3, -0.25) is 5.32 Å². The van der Waals surface area contributed by atoms with E-state index in [0.29, 0.717) is 0 Å². The van der Waals surface area contributed by atoms with Gasteiger partial charge in [0.25, 0.3) is 0 Å². The van der Waals surface area contributed by atoms with Crippen LogP contribution in [0.15, 0.2) is 29.6 Å². The van der Waals surface area contributed by atoms with E-state index in [2.05, 4.69) is 9.99 Å². The minimum atomic E-state index is -1.17. The maximum atomic E-state index is 10.1. The van der Waals surface area contributed by atoms with Crippen LogP contribution >= 0.6 is 0 Å². The van der Waals surface area contributed by atoms with Gasteiger partial charge in [0.1, 0.15) is 6.26 Å². The van der Waals surface area contributed by atoms with Gasteiger partial charge in [-0.1, -0.05) is 11.2 Å². The predicted octanol–water partition coefficient (Wildman–Crippen LogP) is 0.668. The summed E-state index contributed by atoms with van der Waals surface area (Å²) < 4.78 is 0. The zero-order valence-electron chi connectivity index (χ0n) is 5.52. The molecule has 5 heteroatoms. The quantitative estimate of drug-likeness (QED) is 0.538. The molecule has 0 saturated carbocycles. The van der Waals surface area contributed by atoms with Gasteiger partial charge < -0.3 is 9.94 Å². The Morgan fingerprint density at radius 3 is 3.18 bits per heavy atom. The lowest BCUT2D eigenvalue weighted by atomic mass is 10.4. The fourth-order valence-corrected chi connectivity index (χ4v) is 0.519. The number of hydrogen-bond acceptors (Lipinski definition) is 3. The van der Waals surface area contributed by atoms with Crippen LogP contribution in [-0.2, 0) is 4.84 Å². The highest BCUT2D eigenvalue weighted by molar-refractivity contribution is 6.01. The van der Waals surface area contributed by atoms with Crippen molar-refractivity contribution < 1.29 is 14.7 Å². The topological polar surface area (TPSA) is 70.9 Å². The van der Waals surface area contributed by atoms with Crippen molar-refractivity contribution in [3.8, 4) is 0 Å². The number of rotatable bonds is 0. The molecule has 0 aromatic carbocycles. The third kappa shape index (κ3) is 2.53. The molecule has 1 aliphatic heterocycles. The number of nitrogens with zero attached hydrogens (tertiary/aromatic N) is 1. The number of amidine groups is 1. The molecular formula is C6H6N2O3. The van der Waals surface area contributed by atoms with Crippen LogP contribution in [0, 0.1) is 0 Å². The standard InChI is InChI=1S/C6H6N2O3/c9-6(10)7-5-3-1-2-4-11-8-5/h1-4H,(H,7,8)(H,9,10). The molecule has 11 heavy (non-hydrogen) atoms. The normalized spacial score (nSPS) is 14.7. The molecule has 0 aromatic heterocycles. The van der Waals surface area contributed by atoms with Crippen molar-refractivity contribution in [3.63, 3.8) is 0 Å². The molecular weight excluding hydrogens is 148 g/mol. The van der Waals surface area contributed by atoms with Crippen LogP contribution in [0.2, 0.25) is 0 Å². The Bertz CT molecular complexity index is 242. The van der Waals surface area contributed by atoms with Crippen molar-refractivity contribution in [1.29, 1.82) is 0 Å². The first-order chi connectivity index (χ1) is 5.29. The van der Waals surface area contributed by atoms with Crippen molar-refractivity contribution in [2.75, 3.05) is 0 Å². The van der Waals surface area contributed by atoms with Gasteiger partial charge in [0.2, 0.25) is 0 Å². The Balaban J connectivity index is 2.58. The molecule has 0 fully saturated rings. The van der Waals surface area contributed by atoms with Crippen LogP contribution < -0.4 is 5.32 Å². The largest absolute Gasteiger partial charge is 0.465 e. The van der Waals surface area contributed by atoms with Crippen molar-refractivity contribution in [1.82, 2.24) is 5.32 Å². The number of carbonyl (C=O) groups is 1. The lowest BCUT2D eigenvalue weighted by Gasteiger charge is -1.95. The van der Waals surface area contributed by atoms with Crippen molar-refractivity contribution in [2.24, 2.45) is 5.16 Å². The minimum absolute atomic E-state index is 0.155. The van der Waals surface area contributed by atoms with Crippen LogP contribution in [-0.4, -0.2) is 17.0 Å². The number of carboxylic acid groups (broad SMARTS) is 1. The third-order valence-corrected chi connectivity index (χ3v) is 0.891. The van der Waals surface area contributed by atoms with E-state index < -0.39 is 6.09 Å². The number of nitrogens with one attached hydrogen (secondary N) is 1. The first-order valence-electron chi connectivity index (χ1n) is 2.86. The zero-order valence-corrected chi connectivity index (χ0v) is 5.52. The van der Waals surface area contributed by atoms with E-state index in [9.17, 15) is 4.79 Å². The van der Waals surface area contributed by atoms with E-state index in [1.54, 1.807) is 12.2 Å². The summed E-state index contributed by atoms with van der Waals surface area (Å²) in [6.45, 7) is 0. The summed E-state index contributed by atoms with van der Waals surface area (Å²) >= 11 is 0. The predicted molar refractivity (Wildman–Crippen MR) is 38.0 cm³/mol. The van der Waals surface area contributed by atoms with Crippen LogP contribution in [0.5, 0.6) is 0 Å². The monoisotopic (exact) mass is 154 g/mol. The number of hydrogen-bond donors (Lipinski definition) is 2. The number of allylic oxidation sites excluding steroid dienone is 2. The van der Waals surface area contributed by atoms with E-state index in [4.69, 9.17) is 5.11 Å². The zero-order chi connectivity index (χ0) is 8.10. The molecule has 0 spiro atoms. The maximum absolute atomic E-state index is 10.1. The first kappa shape index (κ1) is 7.33. The number of amides is 1. The van der Waals surface area contributed by atoms with E-state index in [-0.39, 0.29) is 5.84 Å². The highest BCUT2D eigenvalue weighted by Crippen LogP contribution is 1.90. The summed E-state index contributed by atoms with van der Waals surface area (Å²) in [4.78, 5) is 14.6. The van der Waals surface area contributed by atoms with Gasteiger partial charge in [-0.2, -0.15) is 0 Å². The SMILES string of the molecule is O=C(O)NC1=NOC=CC=C1. The molecule has 0 bridgehead atoms. The first-order valence-corrected chi connectivity index (χ1v) is 2.86. The van der Waals surface area contributed by atoms with E-state index in [1.807, 2.05) is 5.32 Å². The Morgan fingerprint density at radius 1 is 1.64 bits per heavy atom. The summed E-state index contributed by atoms with van der Waals surface area (Å²) in [6.07, 6.45) is 4.87. The molecule has 0 unspecified atom stereocenters. The molecule has 58 valence electrons. The minimum Gasteiger partial charge on any atom is -0.465 e. The van der Waals surface area contributed by atoms with Crippen LogP contribution in [0.4, 0.5) is 4.79 Å². The Morgan fingerprint density at radius 2 is 2.45 bits per heavy atom. The highest BCUT2D eigenvalue weighted by atomic mass is 16.6. The maximum Gasteiger partial charge on any atom is 0.410 e. The Hall–Kier alpha value is -1.78. The Labute approximate surface area is 62.6 Å². The van der Waals surface area contributed by atoms with Crippen molar-refractivity contribution >= 4 is 11.9 Å². The van der Waals surface area contributed by atoms with Gasteiger partial charge in [-0.05, 0) is 12.2 Å². The molecule has 0 aliphatic carbocycles. The average Bonchev–Trinajstić information content (AvgIpc) is 2.14. The van der Waals surface area contributed by atoms with E-state index >= 15 is 0 Å². The van der Waals surface area contributed by atoms with Crippen molar-refractivity contribution in [2.45, 2.75) is 0 Å². The fourth-order valence-electron chi connectivity index (χ4n) is 0.519. The number of oxime groups is 1. The average molecular weight is 154 g/mol. The van der Waals surface area contributed by atoms with Gasteiger partial charge in [-0.15, -0.1) is 0 Å². The van der Waals surface area contributed by atoms with Gasteiger partial charge in [0, 0.05) is 0 Å². The van der Waals surface area contributed by atoms with Crippen LogP contribution in [0.3, 0.4) is 0 Å². The highest BCUT2D eigenvalue weighted by Gasteiger charge is 1.99. The summed E-state index contributed by atoms with van der Waals surface area (Å²) in [7, 11) is 0. The molecule has 1 amide bonds. The molecule has 0 aromatic rings. The third-order valence-electron chi connectivity index (χ3n) is 0.891. The van der Waals surface area contributed by atoms with Crippen molar-refractivity contribution in [3.05, 3.63) is 24.5 Å². The second-order valence-corrected chi connectivity index (χ2v) is 1.70. The van der Waals surface area contributed by atoms with Gasteiger partial charge >= 0.3 is 6.09 Å². The van der Waals surface area contributed by atoms with Gasteiger partial charge in [0.15, 0.2) is 5.84 Å². The molecule has 1 heterocycles. The molecule has 1 rings (SSSR count). The lowest BCUT2D eigenvalue weighted by Crippen LogP contribution is -2.27. The van der Waals surface area contributed by atoms with E-state index in [0.717, 1.165) is 0 Å². The summed E-state index contributed by atoms with van der Waals surface area (Å²) in [5.41, 5.74) is 0. The second-order valence-electron chi connectivity index (χ2n) is 1.70. The van der Waals surface area contributed by atoms with Crippen LogP contribution in [0.1, 0.15) is 0 Å². The van der Waals surface area contributed by atoms with Gasteiger partial charge in [-0.25, -0.2) is 4.79 Å². The van der Waals surface area contributed by atoms with E-state index in [1.165, 1.54) is 12.3 Å². The van der Waals surface area contributed by atoms with Crippen LogP contribution in [0.25, 0.3) is 0 Å². The molecule has 0 saturated heterocycles. The smallest absolute Gasteiger partial charge is 0.410 e. The summed E-state index contributed by atoms with van der Waals surface area (Å²) in [6, 6.07) is 0. The molecule has 0 radical (unpaired) electrons. The molecule has 5 nitrogen and oxygen atoms in total. The fraction of sp³-hybridized carbons (Fsp3) is 0. The molecule has 1 aliphatic rings. The van der Waals surface area contributed by atoms with Gasteiger partial charge in [0.05, 0.1) is 0 Å². The lowest BCUT2D eigenvalue weighted by molar-refractivity contribution is 0.199. The molecule has 2 N–H and O–H groups in total. The molecule has 0 atom stereocenters. The summed E-state index contributed by atoms with van der Waals surface area (Å²) in [5.74, 6) is 0.155. The summed E-state index contributed by atoms with van der Waals surface area (Å²) in [5, 5.41) is 13.7. The second kappa shape index (κ2) is 3.40. The Kier molecular flexibility index (Phi) is 2.27.